The third-order valence-corrected chi connectivity index (χ3v) is 1.62. The quantitative estimate of drug-likeness (QED) is 0.576. The van der Waals surface area contributed by atoms with Crippen LogP contribution in [0.15, 0.2) is 48.1 Å². The predicted octanol–water partition coefficient (Wildman–Crippen LogP) is 3.67. The average Bonchev–Trinajstić information content (AvgIpc) is 2.06. The highest BCUT2D eigenvalue weighted by Gasteiger charge is 1.84. The van der Waals surface area contributed by atoms with E-state index in [4.69, 9.17) is 0 Å². The fourth-order valence-electron chi connectivity index (χ4n) is 1.12. The van der Waals surface area contributed by atoms with E-state index in [9.17, 15) is 0 Å². The largest absolute Gasteiger partial charge is 0.0874 e. The Hall–Kier alpha value is -1.30. The maximum Gasteiger partial charge on any atom is -0.0254 e. The van der Waals surface area contributed by atoms with Crippen LogP contribution in [0.25, 0.3) is 6.08 Å². The molecule has 0 fully saturated rings. The molecule has 0 saturated heterocycles. The minimum absolute atomic E-state index is 1.26. The van der Waals surface area contributed by atoms with Gasteiger partial charge in [0.25, 0.3) is 0 Å². The van der Waals surface area contributed by atoms with Gasteiger partial charge in [0, 0.05) is 0 Å². The van der Waals surface area contributed by atoms with Crippen molar-refractivity contribution in [1.82, 2.24) is 0 Å². The topological polar surface area (TPSA) is 0 Å². The van der Waals surface area contributed by atoms with Gasteiger partial charge in [-0.2, -0.15) is 0 Å². The molecule has 0 unspecified atom stereocenters. The summed E-state index contributed by atoms with van der Waals surface area (Å²) in [6, 6.07) is 10.3. The third-order valence-electron chi connectivity index (χ3n) is 1.62. The molecular weight excluding hydrogens is 144 g/mol. The van der Waals surface area contributed by atoms with Crippen LogP contribution in [0.5, 0.6) is 0 Å². The fourth-order valence-corrected chi connectivity index (χ4v) is 1.12. The molecule has 0 radical (unpaired) electrons. The molecule has 1 rings (SSSR count). The van der Waals surface area contributed by atoms with Crippen molar-refractivity contribution >= 4 is 6.08 Å². The average molecular weight is 158 g/mol. The second-order valence-corrected chi connectivity index (χ2v) is 2.80. The molecule has 0 N–H and O–H groups in total. The standard InChI is InChI=1S/C12H14/c1-3-7-11(2)10-12-8-5-4-6-9-12/h3-10H,1-2H3/b7-3-,11-10-. The van der Waals surface area contributed by atoms with Crippen molar-refractivity contribution in [2.75, 3.05) is 0 Å². The molecule has 0 atom stereocenters. The molecule has 62 valence electrons. The van der Waals surface area contributed by atoms with E-state index in [1.54, 1.807) is 0 Å². The van der Waals surface area contributed by atoms with Crippen molar-refractivity contribution in [2.24, 2.45) is 0 Å². The van der Waals surface area contributed by atoms with E-state index in [2.05, 4.69) is 49.4 Å². The normalized spacial score (nSPS) is 12.3. The van der Waals surface area contributed by atoms with Crippen LogP contribution in [0.3, 0.4) is 0 Å². The number of hydrogen-bond donors (Lipinski definition) is 0. The van der Waals surface area contributed by atoms with Gasteiger partial charge < -0.3 is 0 Å². The summed E-state index contributed by atoms with van der Waals surface area (Å²) in [5.41, 5.74) is 2.54. The fraction of sp³-hybridized carbons (Fsp3) is 0.167. The van der Waals surface area contributed by atoms with Crippen LogP contribution in [0.2, 0.25) is 0 Å². The van der Waals surface area contributed by atoms with Crippen molar-refractivity contribution in [2.45, 2.75) is 13.8 Å². The zero-order valence-corrected chi connectivity index (χ0v) is 7.62. The van der Waals surface area contributed by atoms with Crippen LogP contribution >= 0.6 is 0 Å². The van der Waals surface area contributed by atoms with Crippen LogP contribution in [-0.2, 0) is 0 Å². The zero-order valence-electron chi connectivity index (χ0n) is 7.62. The summed E-state index contributed by atoms with van der Waals surface area (Å²) in [6.45, 7) is 4.13. The Morgan fingerprint density at radius 3 is 2.42 bits per heavy atom. The molecule has 12 heavy (non-hydrogen) atoms. The van der Waals surface area contributed by atoms with Gasteiger partial charge >= 0.3 is 0 Å². The Labute approximate surface area is 74.2 Å². The molecule has 0 nitrogen and oxygen atoms in total. The highest BCUT2D eigenvalue weighted by molar-refractivity contribution is 5.54. The van der Waals surface area contributed by atoms with Crippen LogP contribution in [0.1, 0.15) is 19.4 Å². The molecule has 0 heteroatoms. The van der Waals surface area contributed by atoms with Crippen molar-refractivity contribution in [3.63, 3.8) is 0 Å². The smallest absolute Gasteiger partial charge is 0.0254 e. The maximum absolute atomic E-state index is 2.17. The monoisotopic (exact) mass is 158 g/mol. The first-order valence-corrected chi connectivity index (χ1v) is 4.19. The van der Waals surface area contributed by atoms with E-state index in [1.165, 1.54) is 11.1 Å². The van der Waals surface area contributed by atoms with E-state index in [1.807, 2.05) is 13.0 Å². The third kappa shape index (κ3) is 2.75. The predicted molar refractivity (Wildman–Crippen MR) is 54.9 cm³/mol. The molecule has 1 aromatic rings. The van der Waals surface area contributed by atoms with Gasteiger partial charge in [-0.1, -0.05) is 54.1 Å². The lowest BCUT2D eigenvalue weighted by molar-refractivity contribution is 1.52. The van der Waals surface area contributed by atoms with Crippen molar-refractivity contribution in [1.29, 1.82) is 0 Å². The van der Waals surface area contributed by atoms with Gasteiger partial charge in [-0.15, -0.1) is 0 Å². The number of allylic oxidation sites excluding steroid dienone is 3. The van der Waals surface area contributed by atoms with Gasteiger partial charge in [0.1, 0.15) is 0 Å². The Balaban J connectivity index is 2.81. The minimum Gasteiger partial charge on any atom is -0.0874 e. The number of hydrogen-bond acceptors (Lipinski definition) is 0. The molecule has 0 heterocycles. The van der Waals surface area contributed by atoms with Gasteiger partial charge in [0.05, 0.1) is 0 Å². The lowest BCUT2D eigenvalue weighted by Gasteiger charge is -1.93. The van der Waals surface area contributed by atoms with E-state index in [0.717, 1.165) is 0 Å². The van der Waals surface area contributed by atoms with Crippen LogP contribution in [0, 0.1) is 0 Å². The highest BCUT2D eigenvalue weighted by Crippen LogP contribution is 2.06. The Kier molecular flexibility index (Phi) is 3.34. The number of benzene rings is 1. The van der Waals surface area contributed by atoms with Crippen LogP contribution in [0.4, 0.5) is 0 Å². The van der Waals surface area contributed by atoms with Crippen LogP contribution in [-0.4, -0.2) is 0 Å². The van der Waals surface area contributed by atoms with E-state index in [-0.39, 0.29) is 0 Å². The molecule has 0 aliphatic heterocycles. The lowest BCUT2D eigenvalue weighted by atomic mass is 10.1. The second kappa shape index (κ2) is 4.55. The first-order valence-electron chi connectivity index (χ1n) is 4.19. The summed E-state index contributed by atoms with van der Waals surface area (Å²) in [6.07, 6.45) is 6.32. The van der Waals surface area contributed by atoms with Gasteiger partial charge in [0.15, 0.2) is 0 Å². The summed E-state index contributed by atoms with van der Waals surface area (Å²) < 4.78 is 0. The second-order valence-electron chi connectivity index (χ2n) is 2.80. The molecule has 0 spiro atoms. The van der Waals surface area contributed by atoms with Gasteiger partial charge in [-0.3, -0.25) is 0 Å². The zero-order chi connectivity index (χ0) is 8.81. The summed E-state index contributed by atoms with van der Waals surface area (Å²) in [5, 5.41) is 0. The SMILES string of the molecule is C/C=C\C(C)=C/c1ccccc1. The molecule has 0 aliphatic carbocycles. The first kappa shape index (κ1) is 8.79. The lowest BCUT2D eigenvalue weighted by Crippen LogP contribution is -1.71. The van der Waals surface area contributed by atoms with Crippen molar-refractivity contribution < 1.29 is 0 Å². The van der Waals surface area contributed by atoms with E-state index in [0.29, 0.717) is 0 Å². The van der Waals surface area contributed by atoms with E-state index < -0.39 is 0 Å². The molecule has 0 bridgehead atoms. The summed E-state index contributed by atoms with van der Waals surface area (Å²) in [4.78, 5) is 0. The summed E-state index contributed by atoms with van der Waals surface area (Å²) in [7, 11) is 0. The Bertz CT molecular complexity index is 278. The molecule has 0 aliphatic rings. The molecule has 0 aromatic heterocycles. The molecular formula is C12H14. The summed E-state index contributed by atoms with van der Waals surface area (Å²) >= 11 is 0. The number of rotatable bonds is 2. The van der Waals surface area contributed by atoms with Crippen LogP contribution < -0.4 is 0 Å². The Morgan fingerprint density at radius 2 is 1.83 bits per heavy atom. The van der Waals surface area contributed by atoms with Crippen molar-refractivity contribution in [3.05, 3.63) is 53.6 Å². The van der Waals surface area contributed by atoms with Gasteiger partial charge in [0.2, 0.25) is 0 Å². The molecule has 0 amide bonds. The molecule has 1 aromatic carbocycles. The van der Waals surface area contributed by atoms with Crippen molar-refractivity contribution in [3.8, 4) is 0 Å². The summed E-state index contributed by atoms with van der Waals surface area (Å²) in [5.74, 6) is 0. The van der Waals surface area contributed by atoms with Gasteiger partial charge in [-0.25, -0.2) is 0 Å². The van der Waals surface area contributed by atoms with Gasteiger partial charge in [-0.05, 0) is 19.4 Å². The highest BCUT2D eigenvalue weighted by atomic mass is 13.9. The maximum atomic E-state index is 2.17. The first-order chi connectivity index (χ1) is 5.83. The Morgan fingerprint density at radius 1 is 1.17 bits per heavy atom. The van der Waals surface area contributed by atoms with E-state index >= 15 is 0 Å². The molecule has 0 saturated carbocycles. The minimum atomic E-state index is 1.26.